The summed E-state index contributed by atoms with van der Waals surface area (Å²) in [6, 6.07) is 0. The van der Waals surface area contributed by atoms with E-state index in [1.165, 1.54) is 0 Å². The minimum absolute atomic E-state index is 0.244. The van der Waals surface area contributed by atoms with Crippen molar-refractivity contribution in [1.82, 2.24) is 5.32 Å². The molecule has 0 saturated carbocycles. The maximum Gasteiger partial charge on any atom is 0.161 e. The molecule has 0 aromatic rings. The summed E-state index contributed by atoms with van der Waals surface area (Å²) in [5.41, 5.74) is 0.705. The van der Waals surface area contributed by atoms with E-state index in [9.17, 15) is 4.79 Å². The summed E-state index contributed by atoms with van der Waals surface area (Å²) in [6.45, 7) is 7.41. The second kappa shape index (κ2) is 3.67. The fourth-order valence-electron chi connectivity index (χ4n) is 1.43. The normalized spacial score (nSPS) is 19.7. The van der Waals surface area contributed by atoms with Crippen LogP contribution in [0.2, 0.25) is 0 Å². The Hall–Kier alpha value is -0.630. The second-order valence-electron chi connectivity index (χ2n) is 3.17. The van der Waals surface area contributed by atoms with E-state index in [0.717, 1.165) is 25.9 Å². The Balaban J connectivity index is 2.45. The number of piperidine rings is 1. The molecule has 1 aliphatic heterocycles. The van der Waals surface area contributed by atoms with Crippen molar-refractivity contribution in [2.75, 3.05) is 13.1 Å². The molecule has 0 radical (unpaired) electrons. The molecule has 0 aromatic heterocycles. The maximum atomic E-state index is 11.4. The first kappa shape index (κ1) is 8.47. The molecule has 1 saturated heterocycles. The van der Waals surface area contributed by atoms with Crippen molar-refractivity contribution < 1.29 is 4.79 Å². The fraction of sp³-hybridized carbons (Fsp3) is 0.667. The summed E-state index contributed by atoms with van der Waals surface area (Å²) >= 11 is 0. The van der Waals surface area contributed by atoms with E-state index in [-0.39, 0.29) is 11.7 Å². The first-order valence-electron chi connectivity index (χ1n) is 4.12. The maximum absolute atomic E-state index is 11.4. The minimum atomic E-state index is 0.244. The van der Waals surface area contributed by atoms with Crippen LogP contribution >= 0.6 is 0 Å². The smallest absolute Gasteiger partial charge is 0.161 e. The zero-order chi connectivity index (χ0) is 8.27. The van der Waals surface area contributed by atoms with Gasteiger partial charge in [-0.05, 0) is 38.4 Å². The summed E-state index contributed by atoms with van der Waals surface area (Å²) < 4.78 is 0. The zero-order valence-electron chi connectivity index (χ0n) is 7.02. The fourth-order valence-corrected chi connectivity index (χ4v) is 1.43. The summed E-state index contributed by atoms with van der Waals surface area (Å²) in [4.78, 5) is 11.4. The van der Waals surface area contributed by atoms with Gasteiger partial charge in [-0.2, -0.15) is 0 Å². The van der Waals surface area contributed by atoms with Gasteiger partial charge in [-0.25, -0.2) is 0 Å². The molecule has 0 unspecified atom stereocenters. The largest absolute Gasteiger partial charge is 0.317 e. The van der Waals surface area contributed by atoms with Crippen molar-refractivity contribution in [2.24, 2.45) is 5.92 Å². The third-order valence-electron chi connectivity index (χ3n) is 2.13. The highest BCUT2D eigenvalue weighted by Gasteiger charge is 2.20. The number of rotatable bonds is 2. The van der Waals surface area contributed by atoms with Crippen molar-refractivity contribution >= 4 is 5.78 Å². The van der Waals surface area contributed by atoms with Crippen LogP contribution in [0.5, 0.6) is 0 Å². The highest BCUT2D eigenvalue weighted by molar-refractivity contribution is 5.96. The standard InChI is InChI=1S/C9H15NO/c1-7(2)9(11)8-3-5-10-6-4-8/h8,10H,1,3-6H2,2H3. The van der Waals surface area contributed by atoms with E-state index in [1.54, 1.807) is 6.92 Å². The number of ketones is 1. The average Bonchev–Trinajstić information content (AvgIpc) is 2.05. The molecule has 1 fully saturated rings. The lowest BCUT2D eigenvalue weighted by atomic mass is 9.91. The third kappa shape index (κ3) is 2.15. The number of nitrogens with one attached hydrogen (secondary N) is 1. The minimum Gasteiger partial charge on any atom is -0.317 e. The number of carbonyl (C=O) groups excluding carboxylic acids is 1. The molecule has 62 valence electrons. The topological polar surface area (TPSA) is 29.1 Å². The third-order valence-corrected chi connectivity index (χ3v) is 2.13. The van der Waals surface area contributed by atoms with Crippen LogP contribution in [0.15, 0.2) is 12.2 Å². The van der Waals surface area contributed by atoms with Gasteiger partial charge in [-0.3, -0.25) is 4.79 Å². The van der Waals surface area contributed by atoms with Gasteiger partial charge >= 0.3 is 0 Å². The second-order valence-corrected chi connectivity index (χ2v) is 3.17. The van der Waals surface area contributed by atoms with Crippen LogP contribution in [0.3, 0.4) is 0 Å². The van der Waals surface area contributed by atoms with Gasteiger partial charge in [0.15, 0.2) is 5.78 Å². The number of hydrogen-bond acceptors (Lipinski definition) is 2. The Kier molecular flexibility index (Phi) is 2.83. The number of carbonyl (C=O) groups is 1. The molecule has 0 amide bonds. The van der Waals surface area contributed by atoms with Crippen LogP contribution in [0, 0.1) is 5.92 Å². The lowest BCUT2D eigenvalue weighted by Gasteiger charge is -2.21. The molecule has 1 aliphatic rings. The van der Waals surface area contributed by atoms with Gasteiger partial charge in [0.05, 0.1) is 0 Å². The molecular formula is C9H15NO. The van der Waals surface area contributed by atoms with Crippen molar-refractivity contribution in [3.05, 3.63) is 12.2 Å². The Morgan fingerprint density at radius 2 is 2.00 bits per heavy atom. The van der Waals surface area contributed by atoms with Crippen LogP contribution in [-0.4, -0.2) is 18.9 Å². The lowest BCUT2D eigenvalue weighted by Crippen LogP contribution is -2.32. The average molecular weight is 153 g/mol. The van der Waals surface area contributed by atoms with Crippen LogP contribution < -0.4 is 5.32 Å². The van der Waals surface area contributed by atoms with Gasteiger partial charge in [-0.15, -0.1) is 0 Å². The summed E-state index contributed by atoms with van der Waals surface area (Å²) in [5.74, 6) is 0.500. The molecule has 0 bridgehead atoms. The monoisotopic (exact) mass is 153 g/mol. The van der Waals surface area contributed by atoms with Gasteiger partial charge < -0.3 is 5.32 Å². The Bertz CT molecular complexity index is 168. The first-order valence-corrected chi connectivity index (χ1v) is 4.12. The molecule has 0 aromatic carbocycles. The van der Waals surface area contributed by atoms with E-state index in [0.29, 0.717) is 5.57 Å². The molecule has 0 aliphatic carbocycles. The molecular weight excluding hydrogens is 138 g/mol. The number of hydrogen-bond donors (Lipinski definition) is 1. The Labute approximate surface area is 67.7 Å². The van der Waals surface area contributed by atoms with Gasteiger partial charge in [0.2, 0.25) is 0 Å². The SMILES string of the molecule is C=C(C)C(=O)C1CCNCC1. The first-order chi connectivity index (χ1) is 5.22. The molecule has 1 rings (SSSR count). The highest BCUT2D eigenvalue weighted by Crippen LogP contribution is 2.15. The van der Waals surface area contributed by atoms with Crippen molar-refractivity contribution in [3.8, 4) is 0 Å². The summed E-state index contributed by atoms with van der Waals surface area (Å²) in [6.07, 6.45) is 1.96. The van der Waals surface area contributed by atoms with Gasteiger partial charge in [-0.1, -0.05) is 6.58 Å². The van der Waals surface area contributed by atoms with Gasteiger partial charge in [0.1, 0.15) is 0 Å². The highest BCUT2D eigenvalue weighted by atomic mass is 16.1. The van der Waals surface area contributed by atoms with E-state index < -0.39 is 0 Å². The Morgan fingerprint density at radius 1 is 1.45 bits per heavy atom. The van der Waals surface area contributed by atoms with Crippen LogP contribution in [-0.2, 0) is 4.79 Å². The molecule has 2 heteroatoms. The van der Waals surface area contributed by atoms with Crippen molar-refractivity contribution in [2.45, 2.75) is 19.8 Å². The van der Waals surface area contributed by atoms with Gasteiger partial charge in [0.25, 0.3) is 0 Å². The van der Waals surface area contributed by atoms with E-state index in [1.807, 2.05) is 0 Å². The summed E-state index contributed by atoms with van der Waals surface area (Å²) in [7, 11) is 0. The molecule has 11 heavy (non-hydrogen) atoms. The number of Topliss-reactive ketones (excluding diaryl/α,β-unsaturated/α-hetero) is 1. The van der Waals surface area contributed by atoms with Crippen LogP contribution in [0.1, 0.15) is 19.8 Å². The van der Waals surface area contributed by atoms with Gasteiger partial charge in [0, 0.05) is 5.92 Å². The van der Waals surface area contributed by atoms with E-state index in [4.69, 9.17) is 0 Å². The van der Waals surface area contributed by atoms with Crippen LogP contribution in [0.4, 0.5) is 0 Å². The predicted molar refractivity (Wildman–Crippen MR) is 45.4 cm³/mol. The molecule has 1 N–H and O–H groups in total. The molecule has 0 spiro atoms. The van der Waals surface area contributed by atoms with E-state index in [2.05, 4.69) is 11.9 Å². The lowest BCUT2D eigenvalue weighted by molar-refractivity contribution is -0.119. The quantitative estimate of drug-likeness (QED) is 0.602. The molecule has 0 atom stereocenters. The number of allylic oxidation sites excluding steroid dienone is 1. The Morgan fingerprint density at radius 3 is 2.45 bits per heavy atom. The van der Waals surface area contributed by atoms with Crippen molar-refractivity contribution in [3.63, 3.8) is 0 Å². The summed E-state index contributed by atoms with van der Waals surface area (Å²) in [5, 5.41) is 3.23. The molecule has 1 heterocycles. The zero-order valence-corrected chi connectivity index (χ0v) is 7.02. The van der Waals surface area contributed by atoms with Crippen molar-refractivity contribution in [1.29, 1.82) is 0 Å². The van der Waals surface area contributed by atoms with Crippen LogP contribution in [0.25, 0.3) is 0 Å². The molecule has 2 nitrogen and oxygen atoms in total. The van der Waals surface area contributed by atoms with E-state index >= 15 is 0 Å². The predicted octanol–water partition coefficient (Wildman–Crippen LogP) is 1.13.